The average molecular weight is 428 g/mol. The molecule has 5 heteroatoms. The minimum Gasteiger partial charge on any atom is -0.369 e. The van der Waals surface area contributed by atoms with Gasteiger partial charge in [-0.2, -0.15) is 0 Å². The van der Waals surface area contributed by atoms with Crippen LogP contribution in [0.15, 0.2) is 40.9 Å². The van der Waals surface area contributed by atoms with Gasteiger partial charge in [-0.15, -0.1) is 0 Å². The highest BCUT2D eigenvalue weighted by Crippen LogP contribution is 2.27. The van der Waals surface area contributed by atoms with Crippen molar-refractivity contribution in [2.45, 2.75) is 6.92 Å². The Bertz CT molecular complexity index is 780. The predicted molar refractivity (Wildman–Crippen MR) is 90.6 cm³/mol. The van der Waals surface area contributed by atoms with Gasteiger partial charge >= 0.3 is 0 Å². The summed E-state index contributed by atoms with van der Waals surface area (Å²) in [5.74, 6) is 0.516. The van der Waals surface area contributed by atoms with E-state index >= 15 is 0 Å². The van der Waals surface area contributed by atoms with Crippen LogP contribution in [-0.4, -0.2) is 9.55 Å². The quantitative estimate of drug-likeness (QED) is 0.589. The maximum Gasteiger partial charge on any atom is 0.205 e. The molecule has 0 aliphatic heterocycles. The summed E-state index contributed by atoms with van der Waals surface area (Å²) < 4.78 is 4.21. The number of aromatic nitrogens is 2. The van der Waals surface area contributed by atoms with Crippen molar-refractivity contribution >= 4 is 55.5 Å². The van der Waals surface area contributed by atoms with Gasteiger partial charge in [0.05, 0.1) is 16.7 Å². The van der Waals surface area contributed by atoms with Gasteiger partial charge in [0.1, 0.15) is 0 Å². The standard InChI is InChI=1S/C14H11BrIN3/c1-8-6-9(15)2-4-12(8)19-13-5-3-10(16)7-11(13)18-14(19)17/h2-7H,1H3,(H2,17,18). The van der Waals surface area contributed by atoms with Crippen LogP contribution in [-0.2, 0) is 0 Å². The van der Waals surface area contributed by atoms with Crippen LogP contribution in [0.5, 0.6) is 0 Å². The van der Waals surface area contributed by atoms with Crippen LogP contribution in [0, 0.1) is 10.5 Å². The molecule has 0 spiro atoms. The van der Waals surface area contributed by atoms with Crippen LogP contribution in [0.4, 0.5) is 5.95 Å². The molecule has 0 aliphatic carbocycles. The number of benzene rings is 2. The fraction of sp³-hybridized carbons (Fsp3) is 0.0714. The van der Waals surface area contributed by atoms with Crippen molar-refractivity contribution in [3.05, 3.63) is 50.0 Å². The molecule has 0 saturated carbocycles. The van der Waals surface area contributed by atoms with Gasteiger partial charge in [-0.25, -0.2) is 4.98 Å². The van der Waals surface area contributed by atoms with Gasteiger partial charge in [0, 0.05) is 8.04 Å². The van der Waals surface area contributed by atoms with Crippen molar-refractivity contribution in [2.24, 2.45) is 0 Å². The van der Waals surface area contributed by atoms with Crippen LogP contribution in [0.3, 0.4) is 0 Å². The van der Waals surface area contributed by atoms with Crippen LogP contribution < -0.4 is 5.73 Å². The molecule has 0 radical (unpaired) electrons. The third-order valence-corrected chi connectivity index (χ3v) is 4.21. The molecule has 0 unspecified atom stereocenters. The van der Waals surface area contributed by atoms with E-state index in [1.165, 1.54) is 0 Å². The highest BCUT2D eigenvalue weighted by atomic mass is 127. The second kappa shape index (κ2) is 4.79. The smallest absolute Gasteiger partial charge is 0.205 e. The number of anilines is 1. The molecule has 2 aromatic carbocycles. The minimum atomic E-state index is 0.516. The number of rotatable bonds is 1. The van der Waals surface area contributed by atoms with Gasteiger partial charge in [-0.1, -0.05) is 15.9 Å². The van der Waals surface area contributed by atoms with Crippen molar-refractivity contribution in [3.8, 4) is 5.69 Å². The van der Waals surface area contributed by atoms with E-state index in [0.717, 1.165) is 30.3 Å². The Morgan fingerprint density at radius 3 is 2.74 bits per heavy atom. The van der Waals surface area contributed by atoms with E-state index in [1.54, 1.807) is 0 Å². The lowest BCUT2D eigenvalue weighted by atomic mass is 10.2. The SMILES string of the molecule is Cc1cc(Br)ccc1-n1c(N)nc2cc(I)ccc21. The number of aryl methyl sites for hydroxylation is 1. The fourth-order valence-corrected chi connectivity index (χ4v) is 3.15. The molecule has 3 aromatic rings. The maximum atomic E-state index is 6.08. The summed E-state index contributed by atoms with van der Waals surface area (Å²) in [5.41, 5.74) is 10.2. The van der Waals surface area contributed by atoms with Crippen molar-refractivity contribution in [3.63, 3.8) is 0 Å². The highest BCUT2D eigenvalue weighted by Gasteiger charge is 2.12. The Morgan fingerprint density at radius 1 is 1.21 bits per heavy atom. The predicted octanol–water partition coefficient (Wildman–Crippen LogP) is 4.28. The third kappa shape index (κ3) is 2.25. The molecule has 0 bridgehead atoms. The zero-order valence-corrected chi connectivity index (χ0v) is 13.9. The van der Waals surface area contributed by atoms with Crippen LogP contribution >= 0.6 is 38.5 Å². The van der Waals surface area contributed by atoms with E-state index in [0.29, 0.717) is 5.95 Å². The molecule has 96 valence electrons. The van der Waals surface area contributed by atoms with E-state index in [2.05, 4.69) is 74.7 Å². The Labute approximate surface area is 133 Å². The van der Waals surface area contributed by atoms with Gasteiger partial charge in [-0.05, 0) is 71.5 Å². The number of nitrogens with two attached hydrogens (primary N) is 1. The maximum absolute atomic E-state index is 6.08. The fourth-order valence-electron chi connectivity index (χ4n) is 2.19. The number of nitrogen functional groups attached to an aromatic ring is 1. The average Bonchev–Trinajstić information content (AvgIpc) is 2.65. The molecule has 3 nitrogen and oxygen atoms in total. The molecule has 0 fully saturated rings. The summed E-state index contributed by atoms with van der Waals surface area (Å²) in [6.07, 6.45) is 0. The Morgan fingerprint density at radius 2 is 2.00 bits per heavy atom. The molecule has 0 saturated heterocycles. The summed E-state index contributed by atoms with van der Waals surface area (Å²) in [7, 11) is 0. The first-order valence-corrected chi connectivity index (χ1v) is 7.63. The number of hydrogen-bond donors (Lipinski definition) is 1. The monoisotopic (exact) mass is 427 g/mol. The molecule has 0 aliphatic rings. The Kier molecular flexibility index (Phi) is 3.26. The molecular formula is C14H11BrIN3. The molecule has 0 amide bonds. The number of hydrogen-bond acceptors (Lipinski definition) is 2. The number of fused-ring (bicyclic) bond motifs is 1. The number of halogens is 2. The van der Waals surface area contributed by atoms with Crippen molar-refractivity contribution in [1.29, 1.82) is 0 Å². The lowest BCUT2D eigenvalue weighted by Crippen LogP contribution is -2.02. The second-order valence-electron chi connectivity index (χ2n) is 4.37. The topological polar surface area (TPSA) is 43.8 Å². The normalized spacial score (nSPS) is 11.1. The summed E-state index contributed by atoms with van der Waals surface area (Å²) in [6, 6.07) is 12.3. The van der Waals surface area contributed by atoms with E-state index in [9.17, 15) is 0 Å². The molecular weight excluding hydrogens is 417 g/mol. The van der Waals surface area contributed by atoms with Gasteiger partial charge in [0.25, 0.3) is 0 Å². The van der Waals surface area contributed by atoms with E-state index in [1.807, 2.05) is 16.7 Å². The first-order chi connectivity index (χ1) is 9.06. The van der Waals surface area contributed by atoms with Gasteiger partial charge < -0.3 is 5.73 Å². The van der Waals surface area contributed by atoms with E-state index in [4.69, 9.17) is 5.73 Å². The van der Waals surface area contributed by atoms with Crippen LogP contribution in [0.2, 0.25) is 0 Å². The minimum absolute atomic E-state index is 0.516. The zero-order valence-electron chi connectivity index (χ0n) is 10.2. The molecule has 0 atom stereocenters. The first-order valence-electron chi connectivity index (χ1n) is 5.76. The summed E-state index contributed by atoms with van der Waals surface area (Å²) in [6.45, 7) is 2.07. The van der Waals surface area contributed by atoms with Crippen LogP contribution in [0.25, 0.3) is 16.7 Å². The van der Waals surface area contributed by atoms with Gasteiger partial charge in [-0.3, -0.25) is 4.57 Å². The van der Waals surface area contributed by atoms with Crippen molar-refractivity contribution < 1.29 is 0 Å². The summed E-state index contributed by atoms with van der Waals surface area (Å²) in [4.78, 5) is 4.44. The summed E-state index contributed by atoms with van der Waals surface area (Å²) >= 11 is 5.76. The molecule has 2 N–H and O–H groups in total. The lowest BCUT2D eigenvalue weighted by molar-refractivity contribution is 1.09. The third-order valence-electron chi connectivity index (χ3n) is 3.04. The van der Waals surface area contributed by atoms with E-state index in [-0.39, 0.29) is 0 Å². The van der Waals surface area contributed by atoms with Gasteiger partial charge in [0.2, 0.25) is 5.95 Å². The largest absolute Gasteiger partial charge is 0.369 e. The molecule has 1 heterocycles. The van der Waals surface area contributed by atoms with Crippen LogP contribution in [0.1, 0.15) is 5.56 Å². The lowest BCUT2D eigenvalue weighted by Gasteiger charge is -2.10. The molecule has 3 rings (SSSR count). The van der Waals surface area contributed by atoms with Crippen molar-refractivity contribution in [2.75, 3.05) is 5.73 Å². The molecule has 1 aromatic heterocycles. The van der Waals surface area contributed by atoms with Gasteiger partial charge in [0.15, 0.2) is 0 Å². The molecule has 19 heavy (non-hydrogen) atoms. The Balaban J connectivity index is 2.33. The Hall–Kier alpha value is -1.08. The van der Waals surface area contributed by atoms with E-state index < -0.39 is 0 Å². The number of nitrogens with zero attached hydrogens (tertiary/aromatic N) is 2. The highest BCUT2D eigenvalue weighted by molar-refractivity contribution is 14.1. The zero-order chi connectivity index (χ0) is 13.6. The summed E-state index contributed by atoms with van der Waals surface area (Å²) in [5, 5.41) is 0. The number of imidazole rings is 1. The second-order valence-corrected chi connectivity index (χ2v) is 6.53. The first kappa shape index (κ1) is 12.9. The van der Waals surface area contributed by atoms with Crippen molar-refractivity contribution in [1.82, 2.24) is 9.55 Å².